The molecule has 14 heteroatoms. The number of benzene rings is 1. The summed E-state index contributed by atoms with van der Waals surface area (Å²) in [6.07, 6.45) is 0. The van der Waals surface area contributed by atoms with Crippen molar-refractivity contribution in [1.29, 1.82) is 0 Å². The quantitative estimate of drug-likeness (QED) is 0.0841. The average molecular weight is 637 g/mol. The van der Waals surface area contributed by atoms with Gasteiger partial charge in [-0.25, -0.2) is 0 Å². The maximum absolute atomic E-state index is 11.5. The van der Waals surface area contributed by atoms with E-state index in [1.807, 2.05) is 0 Å². The van der Waals surface area contributed by atoms with E-state index in [4.69, 9.17) is 61.6 Å². The molecule has 0 saturated heterocycles. The van der Waals surface area contributed by atoms with Crippen molar-refractivity contribution >= 4 is 5.97 Å². The highest BCUT2D eigenvalue weighted by molar-refractivity contribution is 5.66. The maximum Gasteiger partial charge on any atom is 0.302 e. The minimum atomic E-state index is -0.402. The molecule has 14 nitrogen and oxygen atoms in total. The first-order valence-corrected chi connectivity index (χ1v) is 14.7. The van der Waals surface area contributed by atoms with E-state index in [9.17, 15) is 4.79 Å². The Balaban J connectivity index is 2.77. The molecule has 0 heterocycles. The minimum absolute atomic E-state index is 0.0408. The van der Waals surface area contributed by atoms with Crippen molar-refractivity contribution in [3.8, 4) is 17.2 Å². The second kappa shape index (κ2) is 29.4. The van der Waals surface area contributed by atoms with Crippen LogP contribution in [0.25, 0.3) is 0 Å². The second-order valence-corrected chi connectivity index (χ2v) is 8.90. The van der Waals surface area contributed by atoms with Gasteiger partial charge < -0.3 is 61.6 Å². The van der Waals surface area contributed by atoms with Gasteiger partial charge in [-0.05, 0) is 17.7 Å². The Hall–Kier alpha value is -2.27. The van der Waals surface area contributed by atoms with E-state index in [-0.39, 0.29) is 26.4 Å². The molecular weight excluding hydrogens is 584 g/mol. The fourth-order valence-corrected chi connectivity index (χ4v) is 3.27. The summed E-state index contributed by atoms with van der Waals surface area (Å²) in [5, 5.41) is 0. The summed E-state index contributed by atoms with van der Waals surface area (Å²) in [7, 11) is 4.87. The van der Waals surface area contributed by atoms with Crippen molar-refractivity contribution in [3.63, 3.8) is 0 Å². The van der Waals surface area contributed by atoms with Crippen molar-refractivity contribution < 1.29 is 66.4 Å². The normalized spacial score (nSPS) is 11.1. The van der Waals surface area contributed by atoms with E-state index < -0.39 is 5.97 Å². The molecule has 1 aromatic carbocycles. The van der Waals surface area contributed by atoms with Gasteiger partial charge in [0.15, 0.2) is 11.5 Å². The van der Waals surface area contributed by atoms with Gasteiger partial charge in [-0.15, -0.1) is 0 Å². The monoisotopic (exact) mass is 636 g/mol. The molecule has 44 heavy (non-hydrogen) atoms. The number of esters is 1. The van der Waals surface area contributed by atoms with Crippen molar-refractivity contribution in [2.45, 2.75) is 13.5 Å². The average Bonchev–Trinajstić information content (AvgIpc) is 3.02. The predicted octanol–water partition coefficient (Wildman–Crippen LogP) is 1.92. The van der Waals surface area contributed by atoms with Crippen LogP contribution >= 0.6 is 0 Å². The third-order valence-corrected chi connectivity index (χ3v) is 5.38. The fourth-order valence-electron chi connectivity index (χ4n) is 3.27. The number of rotatable bonds is 32. The molecule has 0 fully saturated rings. The van der Waals surface area contributed by atoms with Crippen LogP contribution in [0.15, 0.2) is 12.1 Å². The standard InChI is InChI=1S/C30H52O14/c1-26(31)44-25-27-23-28(41-20-17-38-14-11-35-8-5-32-2)30(43-22-19-40-16-13-37-10-7-34-4)29(24-27)42-21-18-39-15-12-36-9-6-33-3/h23-24H,5-22,25H2,1-4H3. The van der Waals surface area contributed by atoms with Gasteiger partial charge in [-0.3, -0.25) is 4.79 Å². The SMILES string of the molecule is COCCOCCOCCOc1cc(COC(C)=O)cc(OCCOCCOCCOC)c1OCCOCCOCCOC. The lowest BCUT2D eigenvalue weighted by molar-refractivity contribution is -0.142. The number of hydrogen-bond donors (Lipinski definition) is 0. The molecule has 0 aliphatic carbocycles. The molecule has 0 unspecified atom stereocenters. The number of carbonyl (C=O) groups excluding carboxylic acids is 1. The molecule has 256 valence electrons. The van der Waals surface area contributed by atoms with Crippen molar-refractivity contribution in [1.82, 2.24) is 0 Å². The Morgan fingerprint density at radius 1 is 0.477 bits per heavy atom. The zero-order valence-electron chi connectivity index (χ0n) is 26.8. The third-order valence-electron chi connectivity index (χ3n) is 5.38. The topological polar surface area (TPSA) is 137 Å². The first-order chi connectivity index (χ1) is 21.6. The van der Waals surface area contributed by atoms with E-state index in [0.717, 1.165) is 0 Å². The first kappa shape index (κ1) is 39.8. The Morgan fingerprint density at radius 3 is 1.14 bits per heavy atom. The van der Waals surface area contributed by atoms with E-state index in [1.165, 1.54) is 6.92 Å². The summed E-state index contributed by atoms with van der Waals surface area (Å²) in [6.45, 7) is 8.79. The maximum atomic E-state index is 11.5. The van der Waals surface area contributed by atoms with Crippen LogP contribution in [0.1, 0.15) is 12.5 Å². The number of methoxy groups -OCH3 is 3. The first-order valence-electron chi connectivity index (χ1n) is 14.7. The third kappa shape index (κ3) is 22.3. The highest BCUT2D eigenvalue weighted by Gasteiger charge is 2.17. The molecule has 1 aromatic rings. The molecule has 1 rings (SSSR count). The summed E-state index contributed by atoms with van der Waals surface area (Å²) in [5.74, 6) is 0.822. The lowest BCUT2D eigenvalue weighted by atomic mass is 10.2. The Morgan fingerprint density at radius 2 is 0.795 bits per heavy atom. The van der Waals surface area contributed by atoms with Gasteiger partial charge >= 0.3 is 5.97 Å². The predicted molar refractivity (Wildman–Crippen MR) is 159 cm³/mol. The molecule has 0 aromatic heterocycles. The van der Waals surface area contributed by atoms with Gasteiger partial charge in [0.1, 0.15) is 26.4 Å². The molecule has 0 spiro atoms. The van der Waals surface area contributed by atoms with Gasteiger partial charge in [0.05, 0.1) is 99.1 Å². The number of hydrogen-bond acceptors (Lipinski definition) is 14. The van der Waals surface area contributed by atoms with Crippen molar-refractivity contribution in [3.05, 3.63) is 17.7 Å². The van der Waals surface area contributed by atoms with Gasteiger partial charge in [0.2, 0.25) is 5.75 Å². The van der Waals surface area contributed by atoms with Crippen LogP contribution in [-0.2, 0) is 58.8 Å². The zero-order chi connectivity index (χ0) is 31.9. The highest BCUT2D eigenvalue weighted by Crippen LogP contribution is 2.39. The second-order valence-electron chi connectivity index (χ2n) is 8.90. The van der Waals surface area contributed by atoms with Crippen LogP contribution in [0, 0.1) is 0 Å². The van der Waals surface area contributed by atoms with Gasteiger partial charge in [0, 0.05) is 28.3 Å². The Bertz CT molecular complexity index is 767. The number of carbonyl (C=O) groups is 1. The minimum Gasteiger partial charge on any atom is -0.487 e. The van der Waals surface area contributed by atoms with Crippen molar-refractivity contribution in [2.75, 3.05) is 140 Å². The van der Waals surface area contributed by atoms with Gasteiger partial charge in [-0.2, -0.15) is 0 Å². The summed E-state index contributed by atoms with van der Waals surface area (Å²) in [6, 6.07) is 3.49. The van der Waals surface area contributed by atoms with Crippen LogP contribution in [0.5, 0.6) is 17.2 Å². The van der Waals surface area contributed by atoms with Crippen molar-refractivity contribution in [2.24, 2.45) is 0 Å². The molecule has 0 bridgehead atoms. The van der Waals surface area contributed by atoms with Crippen LogP contribution in [0.4, 0.5) is 0 Å². The highest BCUT2D eigenvalue weighted by atomic mass is 16.6. The largest absolute Gasteiger partial charge is 0.487 e. The summed E-state index contributed by atoms with van der Waals surface area (Å²) in [5.41, 5.74) is 0.668. The van der Waals surface area contributed by atoms with E-state index in [0.29, 0.717) is 122 Å². The van der Waals surface area contributed by atoms with Gasteiger partial charge in [-0.1, -0.05) is 0 Å². The summed E-state index contributed by atoms with van der Waals surface area (Å²) < 4.78 is 71.2. The Kier molecular flexibility index (Phi) is 26.6. The molecule has 0 atom stereocenters. The zero-order valence-corrected chi connectivity index (χ0v) is 26.8. The molecule has 0 aliphatic heterocycles. The molecule has 0 aliphatic rings. The van der Waals surface area contributed by atoms with E-state index >= 15 is 0 Å². The molecule has 0 radical (unpaired) electrons. The molecule has 0 saturated carbocycles. The molecule has 0 amide bonds. The summed E-state index contributed by atoms with van der Waals surface area (Å²) >= 11 is 0. The van der Waals surface area contributed by atoms with Gasteiger partial charge in [0.25, 0.3) is 0 Å². The van der Waals surface area contributed by atoms with Crippen LogP contribution in [0.2, 0.25) is 0 Å². The van der Waals surface area contributed by atoms with Crippen LogP contribution < -0.4 is 14.2 Å². The number of ether oxygens (including phenoxy) is 13. The van der Waals surface area contributed by atoms with Crippen LogP contribution in [-0.4, -0.2) is 146 Å². The molecule has 0 N–H and O–H groups in total. The van der Waals surface area contributed by atoms with E-state index in [1.54, 1.807) is 33.5 Å². The van der Waals surface area contributed by atoms with E-state index in [2.05, 4.69) is 0 Å². The smallest absolute Gasteiger partial charge is 0.302 e. The fraction of sp³-hybridized carbons (Fsp3) is 0.767. The Labute approximate surface area is 261 Å². The lowest BCUT2D eigenvalue weighted by Crippen LogP contribution is -2.16. The van der Waals surface area contributed by atoms with Crippen LogP contribution in [0.3, 0.4) is 0 Å². The summed E-state index contributed by atoms with van der Waals surface area (Å²) in [4.78, 5) is 11.5. The lowest BCUT2D eigenvalue weighted by Gasteiger charge is -2.19. The molecular formula is C30H52O14.